The van der Waals surface area contributed by atoms with Crippen molar-refractivity contribution in [1.29, 1.82) is 0 Å². The van der Waals surface area contributed by atoms with Crippen molar-refractivity contribution in [2.45, 2.75) is 39.8 Å². The van der Waals surface area contributed by atoms with Crippen LogP contribution in [0.5, 0.6) is 0 Å². The predicted molar refractivity (Wildman–Crippen MR) is 50.3 cm³/mol. The van der Waals surface area contributed by atoms with Gasteiger partial charge in [-0.3, -0.25) is 4.79 Å². The molecule has 0 heterocycles. The third-order valence-electron chi connectivity index (χ3n) is 2.31. The Morgan fingerprint density at radius 3 is 2.20 bits per heavy atom. The van der Waals surface area contributed by atoms with Crippen LogP contribution in [0, 0.1) is 11.8 Å². The van der Waals surface area contributed by atoms with E-state index in [1.807, 2.05) is 0 Å². The molecule has 90 valence electrons. The summed E-state index contributed by atoms with van der Waals surface area (Å²) in [6.07, 6.45) is -3.59. The van der Waals surface area contributed by atoms with Crippen LogP contribution >= 0.6 is 0 Å². The van der Waals surface area contributed by atoms with Crippen LogP contribution in [0.15, 0.2) is 0 Å². The molecule has 0 aromatic heterocycles. The van der Waals surface area contributed by atoms with Gasteiger partial charge in [0, 0.05) is 0 Å². The molecule has 0 aliphatic rings. The summed E-state index contributed by atoms with van der Waals surface area (Å²) in [5, 5.41) is 0. The SMILES string of the molecule is CCCOC(=O)C(CC)C(C)C(F)(F)F. The Hall–Kier alpha value is -0.740. The second kappa shape index (κ2) is 5.98. The minimum absolute atomic E-state index is 0.142. The summed E-state index contributed by atoms with van der Waals surface area (Å²) in [5.41, 5.74) is 0. The summed E-state index contributed by atoms with van der Waals surface area (Å²) < 4.78 is 41.8. The number of hydrogen-bond donors (Lipinski definition) is 0. The van der Waals surface area contributed by atoms with E-state index in [2.05, 4.69) is 0 Å². The molecule has 0 saturated heterocycles. The summed E-state index contributed by atoms with van der Waals surface area (Å²) in [6, 6.07) is 0. The second-order valence-electron chi connectivity index (χ2n) is 3.51. The molecule has 0 N–H and O–H groups in total. The van der Waals surface area contributed by atoms with Crippen LogP contribution < -0.4 is 0 Å². The van der Waals surface area contributed by atoms with Crippen molar-refractivity contribution >= 4 is 5.97 Å². The van der Waals surface area contributed by atoms with Crippen molar-refractivity contribution < 1.29 is 22.7 Å². The molecule has 5 heteroatoms. The van der Waals surface area contributed by atoms with Gasteiger partial charge in [0.2, 0.25) is 0 Å². The Morgan fingerprint density at radius 2 is 1.87 bits per heavy atom. The molecule has 0 amide bonds. The monoisotopic (exact) mass is 226 g/mol. The highest BCUT2D eigenvalue weighted by atomic mass is 19.4. The van der Waals surface area contributed by atoms with Crippen LogP contribution in [0.4, 0.5) is 13.2 Å². The van der Waals surface area contributed by atoms with Crippen molar-refractivity contribution in [3.8, 4) is 0 Å². The summed E-state index contributed by atoms with van der Waals surface area (Å²) in [5.74, 6) is -3.48. The van der Waals surface area contributed by atoms with Gasteiger partial charge in [-0.1, -0.05) is 20.8 Å². The first-order valence-electron chi connectivity index (χ1n) is 5.07. The molecule has 0 aliphatic carbocycles. The number of esters is 1. The van der Waals surface area contributed by atoms with Gasteiger partial charge in [0.05, 0.1) is 18.4 Å². The smallest absolute Gasteiger partial charge is 0.392 e. The number of carbonyl (C=O) groups excluding carboxylic acids is 1. The molecule has 0 spiro atoms. The fourth-order valence-corrected chi connectivity index (χ4v) is 1.26. The van der Waals surface area contributed by atoms with Gasteiger partial charge in [-0.2, -0.15) is 13.2 Å². The van der Waals surface area contributed by atoms with E-state index in [-0.39, 0.29) is 13.0 Å². The highest BCUT2D eigenvalue weighted by Gasteiger charge is 2.43. The lowest BCUT2D eigenvalue weighted by molar-refractivity contribution is -0.194. The van der Waals surface area contributed by atoms with Crippen molar-refractivity contribution in [2.24, 2.45) is 11.8 Å². The molecule has 0 aromatic carbocycles. The molecule has 0 radical (unpaired) electrons. The van der Waals surface area contributed by atoms with Gasteiger partial charge in [-0.25, -0.2) is 0 Å². The summed E-state index contributed by atoms with van der Waals surface area (Å²) >= 11 is 0. The fraction of sp³-hybridized carbons (Fsp3) is 0.900. The molecule has 0 aromatic rings. The maximum absolute atomic E-state index is 12.4. The van der Waals surface area contributed by atoms with Gasteiger partial charge < -0.3 is 4.74 Å². The predicted octanol–water partition coefficient (Wildman–Crippen LogP) is 3.16. The Kier molecular flexibility index (Phi) is 5.68. The van der Waals surface area contributed by atoms with E-state index in [0.717, 1.165) is 6.92 Å². The third-order valence-corrected chi connectivity index (χ3v) is 2.31. The van der Waals surface area contributed by atoms with Gasteiger partial charge in [-0.15, -0.1) is 0 Å². The number of rotatable bonds is 5. The lowest BCUT2D eigenvalue weighted by atomic mass is 9.91. The van der Waals surface area contributed by atoms with E-state index >= 15 is 0 Å². The number of hydrogen-bond acceptors (Lipinski definition) is 2. The normalized spacial score (nSPS) is 15.9. The molecular formula is C10H17F3O2. The minimum atomic E-state index is -4.34. The first-order chi connectivity index (χ1) is 6.84. The van der Waals surface area contributed by atoms with Gasteiger partial charge in [0.25, 0.3) is 0 Å². The molecule has 0 aliphatic heterocycles. The summed E-state index contributed by atoms with van der Waals surface area (Å²) in [4.78, 5) is 11.3. The molecule has 0 bridgehead atoms. The molecule has 2 atom stereocenters. The Labute approximate surface area is 87.8 Å². The van der Waals surface area contributed by atoms with Crippen molar-refractivity contribution in [2.75, 3.05) is 6.61 Å². The molecule has 2 nitrogen and oxygen atoms in total. The summed E-state index contributed by atoms with van der Waals surface area (Å²) in [7, 11) is 0. The lowest BCUT2D eigenvalue weighted by Crippen LogP contribution is -2.33. The van der Waals surface area contributed by atoms with Crippen LogP contribution in [0.1, 0.15) is 33.6 Å². The van der Waals surface area contributed by atoms with E-state index in [1.54, 1.807) is 13.8 Å². The first kappa shape index (κ1) is 14.3. The largest absolute Gasteiger partial charge is 0.465 e. The van der Waals surface area contributed by atoms with Crippen molar-refractivity contribution in [1.82, 2.24) is 0 Å². The maximum atomic E-state index is 12.4. The minimum Gasteiger partial charge on any atom is -0.465 e. The van der Waals surface area contributed by atoms with Crippen LogP contribution in [0.3, 0.4) is 0 Å². The molecule has 2 unspecified atom stereocenters. The zero-order chi connectivity index (χ0) is 12.1. The van der Waals surface area contributed by atoms with E-state index in [1.165, 1.54) is 0 Å². The number of carbonyl (C=O) groups is 1. The van der Waals surface area contributed by atoms with Gasteiger partial charge in [0.15, 0.2) is 0 Å². The average molecular weight is 226 g/mol. The molecule has 0 rings (SSSR count). The van der Waals surface area contributed by atoms with Crippen molar-refractivity contribution in [3.05, 3.63) is 0 Å². The maximum Gasteiger partial charge on any atom is 0.392 e. The Morgan fingerprint density at radius 1 is 1.33 bits per heavy atom. The third kappa shape index (κ3) is 4.53. The highest BCUT2D eigenvalue weighted by Crippen LogP contribution is 2.33. The van der Waals surface area contributed by atoms with E-state index in [4.69, 9.17) is 4.74 Å². The van der Waals surface area contributed by atoms with E-state index < -0.39 is 24.0 Å². The first-order valence-corrected chi connectivity index (χ1v) is 5.07. The zero-order valence-electron chi connectivity index (χ0n) is 9.23. The Bertz CT molecular complexity index is 201. The number of halogens is 3. The van der Waals surface area contributed by atoms with Gasteiger partial charge in [0.1, 0.15) is 0 Å². The fourth-order valence-electron chi connectivity index (χ4n) is 1.26. The second-order valence-corrected chi connectivity index (χ2v) is 3.51. The number of alkyl halides is 3. The Balaban J connectivity index is 4.41. The highest BCUT2D eigenvalue weighted by molar-refractivity contribution is 5.72. The number of ether oxygens (including phenoxy) is 1. The molecule has 15 heavy (non-hydrogen) atoms. The van der Waals surface area contributed by atoms with Crippen molar-refractivity contribution in [3.63, 3.8) is 0 Å². The van der Waals surface area contributed by atoms with E-state index in [9.17, 15) is 18.0 Å². The van der Waals surface area contributed by atoms with E-state index in [0.29, 0.717) is 6.42 Å². The molecular weight excluding hydrogens is 209 g/mol. The average Bonchev–Trinajstić information content (AvgIpc) is 2.14. The van der Waals surface area contributed by atoms with Crippen LogP contribution in [-0.2, 0) is 9.53 Å². The zero-order valence-corrected chi connectivity index (χ0v) is 9.23. The standard InChI is InChI=1S/C10H17F3O2/c1-4-6-15-9(14)8(5-2)7(3)10(11,12)13/h7-8H,4-6H2,1-3H3. The molecule has 0 saturated carbocycles. The molecule has 0 fully saturated rings. The van der Waals surface area contributed by atoms with Crippen LogP contribution in [0.2, 0.25) is 0 Å². The van der Waals surface area contributed by atoms with Gasteiger partial charge >= 0.3 is 12.1 Å². The van der Waals surface area contributed by atoms with Crippen LogP contribution in [0.25, 0.3) is 0 Å². The quantitative estimate of drug-likeness (QED) is 0.673. The van der Waals surface area contributed by atoms with Gasteiger partial charge in [-0.05, 0) is 12.8 Å². The summed E-state index contributed by atoms with van der Waals surface area (Å²) in [6.45, 7) is 4.54. The lowest BCUT2D eigenvalue weighted by Gasteiger charge is -2.23. The van der Waals surface area contributed by atoms with Crippen LogP contribution in [-0.4, -0.2) is 18.8 Å². The topological polar surface area (TPSA) is 26.3 Å².